The lowest BCUT2D eigenvalue weighted by atomic mass is 9.98. The highest BCUT2D eigenvalue weighted by Crippen LogP contribution is 2.27. The van der Waals surface area contributed by atoms with Crippen molar-refractivity contribution < 1.29 is 18.3 Å². The Labute approximate surface area is 181 Å². The fourth-order valence-electron chi connectivity index (χ4n) is 3.21. The van der Waals surface area contributed by atoms with Gasteiger partial charge in [0.05, 0.1) is 18.2 Å². The van der Waals surface area contributed by atoms with Crippen molar-refractivity contribution in [2.24, 2.45) is 0 Å². The Morgan fingerprint density at radius 2 is 2.17 bits per heavy atom. The van der Waals surface area contributed by atoms with Gasteiger partial charge in [-0.15, -0.1) is 11.3 Å². The van der Waals surface area contributed by atoms with E-state index in [1.165, 1.54) is 11.3 Å². The minimum atomic E-state index is -2.64. The Kier molecular flexibility index (Phi) is 7.78. The molecular weight excluding hydrogens is 422 g/mol. The number of aromatic hydroxyl groups is 1. The highest BCUT2D eigenvalue weighted by molar-refractivity contribution is 7.70. The first kappa shape index (κ1) is 22.2. The Hall–Kier alpha value is -2.49. The van der Waals surface area contributed by atoms with E-state index in [0.29, 0.717) is 18.4 Å². The number of aryl methyl sites for hydroxylation is 1. The van der Waals surface area contributed by atoms with E-state index in [2.05, 4.69) is 15.0 Å². The molecule has 1 aliphatic rings. The summed E-state index contributed by atoms with van der Waals surface area (Å²) < 4.78 is 24.2. The Balaban J connectivity index is 1.71. The molecule has 7 nitrogen and oxygen atoms in total. The zero-order chi connectivity index (χ0) is 21.5. The number of carbonyl (C=O) groups excluding carboxylic acids is 1. The number of allylic oxidation sites excluding steroid dienone is 1. The van der Waals surface area contributed by atoms with E-state index in [0.717, 1.165) is 22.7 Å². The highest BCUT2D eigenvalue weighted by atomic mass is 32.2. The highest BCUT2D eigenvalue weighted by Gasteiger charge is 2.21. The number of phenols is 1. The number of para-hydroxylation sites is 1. The van der Waals surface area contributed by atoms with Crippen LogP contribution >= 0.6 is 11.3 Å². The maximum Gasteiger partial charge on any atom is 0.225 e. The Morgan fingerprint density at radius 1 is 1.37 bits per heavy atom. The molecule has 1 amide bonds. The number of nitrogens with zero attached hydrogens (tertiary/aromatic N) is 1. The van der Waals surface area contributed by atoms with Crippen LogP contribution in [-0.2, 0) is 28.5 Å². The van der Waals surface area contributed by atoms with E-state index in [4.69, 9.17) is 0 Å². The fourth-order valence-corrected chi connectivity index (χ4v) is 4.62. The number of hydrogen-bond donors (Lipinski definition) is 4. The summed E-state index contributed by atoms with van der Waals surface area (Å²) in [7, 11) is -2.64. The van der Waals surface area contributed by atoms with Crippen LogP contribution in [0.4, 0.5) is 0 Å². The van der Waals surface area contributed by atoms with Crippen molar-refractivity contribution in [2.75, 3.05) is 0 Å². The number of carbonyl (C=O) groups is 1. The summed E-state index contributed by atoms with van der Waals surface area (Å²) in [4.78, 5) is 17.3. The molecule has 160 valence electrons. The minimum Gasteiger partial charge on any atom is -0.508 e. The van der Waals surface area contributed by atoms with Gasteiger partial charge in [0.25, 0.3) is 0 Å². The summed E-state index contributed by atoms with van der Waals surface area (Å²) in [5.41, 5.74) is 2.56. The van der Waals surface area contributed by atoms with Gasteiger partial charge in [0.15, 0.2) is 0 Å². The molecule has 0 aliphatic heterocycles. The average Bonchev–Trinajstić information content (AvgIpc) is 3.19. The Bertz CT molecular complexity index is 1020. The van der Waals surface area contributed by atoms with Gasteiger partial charge in [-0.3, -0.25) is 4.79 Å². The maximum atomic E-state index is 12.7. The van der Waals surface area contributed by atoms with Crippen LogP contribution in [0.1, 0.15) is 42.1 Å². The van der Waals surface area contributed by atoms with E-state index in [9.17, 15) is 18.3 Å². The second-order valence-corrected chi connectivity index (χ2v) is 8.69. The van der Waals surface area contributed by atoms with Gasteiger partial charge < -0.3 is 10.4 Å². The van der Waals surface area contributed by atoms with Crippen molar-refractivity contribution in [1.29, 1.82) is 0 Å². The number of phenolic OH excluding ortho intramolecular Hbond substituents is 1. The number of amides is 1. The van der Waals surface area contributed by atoms with Crippen molar-refractivity contribution in [3.63, 3.8) is 0 Å². The third kappa shape index (κ3) is 6.25. The van der Waals surface area contributed by atoms with Crippen molar-refractivity contribution in [3.05, 3.63) is 69.7 Å². The molecule has 9 heteroatoms. The van der Waals surface area contributed by atoms with Gasteiger partial charge in [-0.1, -0.05) is 43.4 Å². The van der Waals surface area contributed by atoms with E-state index in [1.807, 2.05) is 30.5 Å². The Morgan fingerprint density at radius 3 is 2.80 bits per heavy atom. The number of rotatable bonds is 9. The molecule has 1 aliphatic carbocycles. The second kappa shape index (κ2) is 10.5. The van der Waals surface area contributed by atoms with Gasteiger partial charge >= 0.3 is 0 Å². The molecule has 1 unspecified atom stereocenters. The lowest BCUT2D eigenvalue weighted by Gasteiger charge is -2.20. The van der Waals surface area contributed by atoms with Crippen LogP contribution in [0.2, 0.25) is 0 Å². The number of thiazole rings is 1. The molecule has 0 radical (unpaired) electrons. The SMILES string of the molecule is CCc1csc([C@H](CC2=CCC(N[SH](=O)=O)C=C2)NC(=O)Cc2ccccc2O)n1. The largest absolute Gasteiger partial charge is 0.508 e. The van der Waals surface area contributed by atoms with Crippen molar-refractivity contribution in [1.82, 2.24) is 15.0 Å². The molecule has 3 rings (SSSR count). The van der Waals surface area contributed by atoms with Crippen molar-refractivity contribution in [2.45, 2.75) is 44.7 Å². The molecule has 30 heavy (non-hydrogen) atoms. The third-order valence-electron chi connectivity index (χ3n) is 4.80. The molecule has 1 aromatic heterocycles. The van der Waals surface area contributed by atoms with Crippen LogP contribution in [-0.4, -0.2) is 30.5 Å². The van der Waals surface area contributed by atoms with E-state index in [-0.39, 0.29) is 30.2 Å². The molecule has 0 saturated heterocycles. The number of hydrogen-bond acceptors (Lipinski definition) is 6. The lowest BCUT2D eigenvalue weighted by Crippen LogP contribution is -2.31. The maximum absolute atomic E-state index is 12.7. The molecular formula is C21H25N3O4S2. The molecule has 0 saturated carbocycles. The smallest absolute Gasteiger partial charge is 0.225 e. The first-order valence-corrected chi connectivity index (χ1v) is 11.8. The van der Waals surface area contributed by atoms with Crippen LogP contribution in [0.25, 0.3) is 0 Å². The first-order chi connectivity index (χ1) is 14.4. The van der Waals surface area contributed by atoms with Crippen molar-refractivity contribution in [3.8, 4) is 5.75 Å². The summed E-state index contributed by atoms with van der Waals surface area (Å²) in [6.45, 7) is 2.03. The molecule has 1 aromatic carbocycles. The zero-order valence-electron chi connectivity index (χ0n) is 16.6. The van der Waals surface area contributed by atoms with Crippen molar-refractivity contribution >= 4 is 28.1 Å². The van der Waals surface area contributed by atoms with E-state index in [1.54, 1.807) is 24.3 Å². The van der Waals surface area contributed by atoms with E-state index < -0.39 is 10.9 Å². The monoisotopic (exact) mass is 447 g/mol. The molecule has 2 atom stereocenters. The quantitative estimate of drug-likeness (QED) is 0.442. The van der Waals surface area contributed by atoms with Gasteiger partial charge in [0, 0.05) is 17.0 Å². The first-order valence-electron chi connectivity index (χ1n) is 9.73. The van der Waals surface area contributed by atoms with Gasteiger partial charge in [0.2, 0.25) is 16.8 Å². The summed E-state index contributed by atoms with van der Waals surface area (Å²) >= 11 is 1.51. The normalized spacial score (nSPS) is 17.0. The lowest BCUT2D eigenvalue weighted by molar-refractivity contribution is -0.121. The molecule has 0 fully saturated rings. The average molecular weight is 448 g/mol. The van der Waals surface area contributed by atoms with Crippen LogP contribution in [0.15, 0.2) is 53.4 Å². The second-order valence-electron chi connectivity index (χ2n) is 7.03. The van der Waals surface area contributed by atoms with Crippen LogP contribution in [0, 0.1) is 0 Å². The summed E-state index contributed by atoms with van der Waals surface area (Å²) in [5.74, 6) is -0.0991. The van der Waals surface area contributed by atoms with Crippen LogP contribution in [0.3, 0.4) is 0 Å². The summed E-state index contributed by atoms with van der Waals surface area (Å²) in [6, 6.07) is 6.25. The molecule has 1 heterocycles. The van der Waals surface area contributed by atoms with Gasteiger partial charge in [0.1, 0.15) is 10.8 Å². The predicted molar refractivity (Wildman–Crippen MR) is 118 cm³/mol. The predicted octanol–water partition coefficient (Wildman–Crippen LogP) is 2.57. The van der Waals surface area contributed by atoms with Gasteiger partial charge in [-0.2, -0.15) is 0 Å². The zero-order valence-corrected chi connectivity index (χ0v) is 18.3. The summed E-state index contributed by atoms with van der Waals surface area (Å²) in [5, 5.41) is 15.8. The molecule has 2 aromatic rings. The van der Waals surface area contributed by atoms with Gasteiger partial charge in [-0.05, 0) is 30.9 Å². The number of nitrogens with one attached hydrogen (secondary N) is 2. The molecule has 0 bridgehead atoms. The topological polar surface area (TPSA) is 108 Å². The number of benzene rings is 1. The number of aromatic nitrogens is 1. The molecule has 3 N–H and O–H groups in total. The minimum absolute atomic E-state index is 0.0760. The third-order valence-corrected chi connectivity index (χ3v) is 6.35. The van der Waals surface area contributed by atoms with E-state index >= 15 is 0 Å². The van der Waals surface area contributed by atoms with Gasteiger partial charge in [-0.25, -0.2) is 18.1 Å². The van der Waals surface area contributed by atoms with Crippen LogP contribution < -0.4 is 10.0 Å². The number of thiol groups is 1. The fraction of sp³-hybridized carbons (Fsp3) is 0.333. The molecule has 0 spiro atoms. The van der Waals surface area contributed by atoms with Crippen LogP contribution in [0.5, 0.6) is 5.75 Å². The standard InChI is InChI=1S/C21H25N3O4S2/c1-2-16-13-29-21(22-16)18(11-14-7-9-17(10-8-14)24-30(27)28)23-20(26)12-15-5-3-4-6-19(15)25/h3-9,13,17-18,25,30H,2,10-12H2,1H3,(H,23,26)(H,24,27,28)/t17?,18-/m0/s1. The summed E-state index contributed by atoms with van der Waals surface area (Å²) in [6.07, 6.45) is 7.69.